The third kappa shape index (κ3) is 5.78. The van der Waals surface area contributed by atoms with Crippen LogP contribution in [0.3, 0.4) is 0 Å². The molecule has 1 aliphatic rings. The first-order valence-electron chi connectivity index (χ1n) is 14.6. The summed E-state index contributed by atoms with van der Waals surface area (Å²) in [5.41, 5.74) is 0.268. The number of allylic oxidation sites excluding steroid dienone is 2. The van der Waals surface area contributed by atoms with Crippen molar-refractivity contribution in [3.05, 3.63) is 99.0 Å². The fourth-order valence-corrected chi connectivity index (χ4v) is 5.74. The van der Waals surface area contributed by atoms with Crippen molar-refractivity contribution in [2.24, 2.45) is 15.4 Å². The third-order valence-corrected chi connectivity index (χ3v) is 8.21. The number of carbonyl (C=O) groups is 1. The summed E-state index contributed by atoms with van der Waals surface area (Å²) >= 11 is 0. The summed E-state index contributed by atoms with van der Waals surface area (Å²) in [6.07, 6.45) is 3.38. The zero-order valence-corrected chi connectivity index (χ0v) is 25.5. The SMILES string of the molecule is CC(Cc1cccc(C2CC(=O)C(C=NC(C)(C)C)=C(O)C2(C)C#N)c1)N=Cc1c(O)c2ccc3ccccc3c2[nH]c1=O. The van der Waals surface area contributed by atoms with Crippen LogP contribution < -0.4 is 5.56 Å². The standard InChI is InChI=1S/C36H36N4O4/c1-21(38-18-28-32(42)26-14-13-23-10-6-7-12-25(23)31(26)40-34(28)44)15-22-9-8-11-24(16-22)29-17-30(41)27(19-39-35(2,3)4)33(43)36(29,5)20-37/h6-14,16,18-19,21,29,43H,15,17H2,1-5H3,(H2,40,42,44). The van der Waals surface area contributed by atoms with Gasteiger partial charge in [-0.1, -0.05) is 54.6 Å². The van der Waals surface area contributed by atoms with E-state index in [1.54, 1.807) is 13.0 Å². The first kappa shape index (κ1) is 30.4. The molecule has 1 heterocycles. The van der Waals surface area contributed by atoms with Crippen LogP contribution in [0.4, 0.5) is 0 Å². The average Bonchev–Trinajstić information content (AvgIpc) is 2.98. The average molecular weight is 589 g/mol. The molecule has 1 aromatic heterocycles. The molecular formula is C36H36N4O4. The molecule has 44 heavy (non-hydrogen) atoms. The number of aromatic hydroxyl groups is 1. The monoisotopic (exact) mass is 588 g/mol. The van der Waals surface area contributed by atoms with Crippen LogP contribution in [0, 0.1) is 16.7 Å². The molecule has 0 fully saturated rings. The minimum Gasteiger partial charge on any atom is -0.510 e. The Morgan fingerprint density at radius 1 is 1.07 bits per heavy atom. The van der Waals surface area contributed by atoms with Crippen LogP contribution in [-0.2, 0) is 11.2 Å². The highest BCUT2D eigenvalue weighted by Crippen LogP contribution is 2.47. The van der Waals surface area contributed by atoms with E-state index < -0.39 is 22.4 Å². The van der Waals surface area contributed by atoms with E-state index in [-0.39, 0.29) is 40.9 Å². The molecule has 0 bridgehead atoms. The third-order valence-electron chi connectivity index (χ3n) is 8.21. The summed E-state index contributed by atoms with van der Waals surface area (Å²) in [4.78, 5) is 37.9. The number of rotatable bonds is 6. The number of hydrogen-bond acceptors (Lipinski definition) is 7. The van der Waals surface area contributed by atoms with E-state index in [2.05, 4.69) is 21.0 Å². The lowest BCUT2D eigenvalue weighted by Crippen LogP contribution is -2.35. The van der Waals surface area contributed by atoms with Gasteiger partial charge >= 0.3 is 0 Å². The van der Waals surface area contributed by atoms with Gasteiger partial charge in [0.05, 0.1) is 34.3 Å². The first-order valence-corrected chi connectivity index (χ1v) is 14.6. The largest absolute Gasteiger partial charge is 0.510 e. The number of fused-ring (bicyclic) bond motifs is 3. The smallest absolute Gasteiger partial charge is 0.261 e. The lowest BCUT2D eigenvalue weighted by atomic mass is 9.65. The summed E-state index contributed by atoms with van der Waals surface area (Å²) < 4.78 is 0. The van der Waals surface area contributed by atoms with Crippen molar-refractivity contribution in [3.63, 3.8) is 0 Å². The number of nitrogens with one attached hydrogen (secondary N) is 1. The van der Waals surface area contributed by atoms with Gasteiger partial charge in [-0.3, -0.25) is 19.6 Å². The van der Waals surface area contributed by atoms with Crippen LogP contribution in [0.5, 0.6) is 5.75 Å². The lowest BCUT2D eigenvalue weighted by Gasteiger charge is -2.36. The van der Waals surface area contributed by atoms with E-state index in [0.29, 0.717) is 17.3 Å². The number of nitrogens with zero attached hydrogens (tertiary/aromatic N) is 3. The van der Waals surface area contributed by atoms with E-state index in [1.165, 1.54) is 12.4 Å². The Morgan fingerprint density at radius 3 is 2.55 bits per heavy atom. The quantitative estimate of drug-likeness (QED) is 0.170. The molecule has 3 atom stereocenters. The summed E-state index contributed by atoms with van der Waals surface area (Å²) in [5.74, 6) is -1.18. The summed E-state index contributed by atoms with van der Waals surface area (Å²) in [6.45, 7) is 9.23. The normalized spacial score (nSPS) is 20.2. The van der Waals surface area contributed by atoms with Crippen molar-refractivity contribution in [1.82, 2.24) is 4.98 Å². The number of ketones is 1. The Balaban J connectivity index is 1.39. The second-order valence-corrected chi connectivity index (χ2v) is 12.7. The Hall–Kier alpha value is -5.03. The number of nitriles is 1. The van der Waals surface area contributed by atoms with Crippen molar-refractivity contribution in [3.8, 4) is 11.8 Å². The Labute approximate surface area is 256 Å². The van der Waals surface area contributed by atoms with E-state index in [0.717, 1.165) is 21.9 Å². The minimum atomic E-state index is -1.31. The highest BCUT2D eigenvalue weighted by Gasteiger charge is 2.47. The predicted molar refractivity (Wildman–Crippen MR) is 175 cm³/mol. The molecule has 3 N–H and O–H groups in total. The molecule has 224 valence electrons. The van der Waals surface area contributed by atoms with E-state index in [4.69, 9.17) is 0 Å². The van der Waals surface area contributed by atoms with Crippen molar-refractivity contribution >= 4 is 39.9 Å². The molecule has 5 rings (SSSR count). The molecule has 0 amide bonds. The fourth-order valence-electron chi connectivity index (χ4n) is 5.74. The van der Waals surface area contributed by atoms with Crippen LogP contribution in [0.15, 0.2) is 86.8 Å². The van der Waals surface area contributed by atoms with Gasteiger partial charge in [0.2, 0.25) is 0 Å². The molecule has 4 aromatic rings. The van der Waals surface area contributed by atoms with Gasteiger partial charge in [0.15, 0.2) is 5.78 Å². The van der Waals surface area contributed by atoms with Gasteiger partial charge in [-0.15, -0.1) is 0 Å². The number of aromatic nitrogens is 1. The Bertz CT molecular complexity index is 1970. The number of carbonyl (C=O) groups excluding carboxylic acids is 1. The van der Waals surface area contributed by atoms with Crippen molar-refractivity contribution < 1.29 is 15.0 Å². The molecule has 8 heteroatoms. The van der Waals surface area contributed by atoms with Crippen LogP contribution in [0.1, 0.15) is 63.6 Å². The van der Waals surface area contributed by atoms with Gasteiger partial charge in [-0.2, -0.15) is 5.26 Å². The molecule has 0 spiro atoms. The second kappa shape index (κ2) is 11.6. The van der Waals surface area contributed by atoms with Crippen LogP contribution in [-0.4, -0.2) is 45.0 Å². The number of Topliss-reactive ketones (excluding diaryl/α,β-unsaturated/α-hetero) is 1. The van der Waals surface area contributed by atoms with Crippen molar-refractivity contribution in [2.45, 2.75) is 65.0 Å². The highest BCUT2D eigenvalue weighted by atomic mass is 16.3. The maximum absolute atomic E-state index is 13.1. The van der Waals surface area contributed by atoms with Crippen molar-refractivity contribution in [2.75, 3.05) is 0 Å². The molecular weight excluding hydrogens is 552 g/mol. The number of aromatic amines is 1. The number of pyridine rings is 1. The summed E-state index contributed by atoms with van der Waals surface area (Å²) in [5, 5.41) is 34.6. The van der Waals surface area contributed by atoms with Gasteiger partial charge in [-0.05, 0) is 63.6 Å². The Morgan fingerprint density at radius 2 is 1.82 bits per heavy atom. The fraction of sp³-hybridized carbons (Fsp3) is 0.306. The molecule has 3 unspecified atom stereocenters. The number of aliphatic imine (C=N–C) groups is 2. The topological polar surface area (TPSA) is 139 Å². The highest BCUT2D eigenvalue weighted by molar-refractivity contribution is 6.15. The number of aliphatic hydroxyl groups excluding tert-OH is 1. The summed E-state index contributed by atoms with van der Waals surface area (Å²) in [6, 6.07) is 20.9. The summed E-state index contributed by atoms with van der Waals surface area (Å²) in [7, 11) is 0. The lowest BCUT2D eigenvalue weighted by molar-refractivity contribution is -0.116. The predicted octanol–water partition coefficient (Wildman–Crippen LogP) is 6.70. The molecule has 0 aliphatic heterocycles. The van der Waals surface area contributed by atoms with Crippen LogP contribution in [0.25, 0.3) is 21.7 Å². The van der Waals surface area contributed by atoms with Gasteiger partial charge < -0.3 is 15.2 Å². The molecule has 1 aliphatic carbocycles. The van der Waals surface area contributed by atoms with Crippen LogP contribution in [0.2, 0.25) is 0 Å². The zero-order valence-electron chi connectivity index (χ0n) is 25.5. The van der Waals surface area contributed by atoms with Gasteiger partial charge in [0.1, 0.15) is 16.9 Å². The van der Waals surface area contributed by atoms with E-state index >= 15 is 0 Å². The maximum atomic E-state index is 13.1. The number of benzene rings is 3. The van der Waals surface area contributed by atoms with Gasteiger partial charge in [0.25, 0.3) is 5.56 Å². The molecule has 0 saturated carbocycles. The molecule has 0 saturated heterocycles. The number of H-pyrrole nitrogens is 1. The Kier molecular flexibility index (Phi) is 8.00. The number of hydrogen-bond donors (Lipinski definition) is 3. The van der Waals surface area contributed by atoms with Gasteiger partial charge in [0, 0.05) is 35.5 Å². The van der Waals surface area contributed by atoms with E-state index in [1.807, 2.05) is 82.3 Å². The van der Waals surface area contributed by atoms with Gasteiger partial charge in [-0.25, -0.2) is 0 Å². The molecule has 3 aromatic carbocycles. The van der Waals surface area contributed by atoms with Crippen LogP contribution >= 0.6 is 0 Å². The maximum Gasteiger partial charge on any atom is 0.261 e. The minimum absolute atomic E-state index is 0.0656. The second-order valence-electron chi connectivity index (χ2n) is 12.7. The van der Waals surface area contributed by atoms with Crippen molar-refractivity contribution in [1.29, 1.82) is 5.26 Å². The molecule has 8 nitrogen and oxygen atoms in total. The first-order chi connectivity index (χ1) is 20.8. The number of aliphatic hydroxyl groups is 1. The zero-order chi connectivity index (χ0) is 31.8. The van der Waals surface area contributed by atoms with E-state index in [9.17, 15) is 25.1 Å². The molecule has 0 radical (unpaired) electrons.